The van der Waals surface area contributed by atoms with Crippen LogP contribution in [0.2, 0.25) is 0 Å². The third-order valence-electron chi connectivity index (χ3n) is 1.65. The second-order valence-corrected chi connectivity index (χ2v) is 3.31. The number of hydrogen-bond acceptors (Lipinski definition) is 2. The molecule has 1 unspecified atom stereocenters. The molecule has 1 rings (SSSR count). The van der Waals surface area contributed by atoms with Gasteiger partial charge in [0.05, 0.1) is 0 Å². The van der Waals surface area contributed by atoms with E-state index < -0.39 is 0 Å². The van der Waals surface area contributed by atoms with Crippen molar-refractivity contribution in [3.05, 3.63) is 35.0 Å². The molecule has 0 bridgehead atoms. The Morgan fingerprint density at radius 3 is 3.09 bits per heavy atom. The number of allylic oxidation sites excluding steroid dienone is 1. The Kier molecular flexibility index (Phi) is 3.33. The molecule has 60 valence electrons. The molecule has 0 aliphatic rings. The highest BCUT2D eigenvalue weighted by Gasteiger charge is 2.03. The van der Waals surface area contributed by atoms with Crippen molar-refractivity contribution < 1.29 is 0 Å². The van der Waals surface area contributed by atoms with Gasteiger partial charge in [0.15, 0.2) is 0 Å². The minimum atomic E-state index is 0.194. The normalized spacial score (nSPS) is 12.8. The zero-order chi connectivity index (χ0) is 8.10. The van der Waals surface area contributed by atoms with Gasteiger partial charge in [-0.15, -0.1) is 6.58 Å². The van der Waals surface area contributed by atoms with Crippen LogP contribution in [0.25, 0.3) is 0 Å². The van der Waals surface area contributed by atoms with E-state index in [4.69, 9.17) is 5.73 Å². The van der Waals surface area contributed by atoms with Gasteiger partial charge in [0.25, 0.3) is 0 Å². The van der Waals surface area contributed by atoms with Crippen molar-refractivity contribution in [2.24, 2.45) is 5.73 Å². The van der Waals surface area contributed by atoms with E-state index in [0.717, 1.165) is 12.8 Å². The zero-order valence-corrected chi connectivity index (χ0v) is 7.31. The maximum absolute atomic E-state index is 5.88. The average Bonchev–Trinajstić information content (AvgIpc) is 2.52. The SMILES string of the molecule is C=CCCC(N)c1ccsc1. The molecule has 2 heteroatoms. The van der Waals surface area contributed by atoms with Crippen LogP contribution in [0, 0.1) is 0 Å². The van der Waals surface area contributed by atoms with Gasteiger partial charge in [-0.1, -0.05) is 6.08 Å². The van der Waals surface area contributed by atoms with Gasteiger partial charge < -0.3 is 5.73 Å². The summed E-state index contributed by atoms with van der Waals surface area (Å²) in [4.78, 5) is 0. The molecule has 1 aromatic heterocycles. The summed E-state index contributed by atoms with van der Waals surface area (Å²) in [6, 6.07) is 2.28. The summed E-state index contributed by atoms with van der Waals surface area (Å²) >= 11 is 1.70. The second-order valence-electron chi connectivity index (χ2n) is 2.53. The highest BCUT2D eigenvalue weighted by Crippen LogP contribution is 2.18. The third kappa shape index (κ3) is 2.48. The van der Waals surface area contributed by atoms with Gasteiger partial charge in [-0.25, -0.2) is 0 Å². The molecule has 11 heavy (non-hydrogen) atoms. The zero-order valence-electron chi connectivity index (χ0n) is 6.49. The molecule has 1 aromatic rings. The first-order valence-corrected chi connectivity index (χ1v) is 4.67. The van der Waals surface area contributed by atoms with Crippen molar-refractivity contribution >= 4 is 11.3 Å². The lowest BCUT2D eigenvalue weighted by atomic mass is 10.1. The number of thiophene rings is 1. The monoisotopic (exact) mass is 167 g/mol. The maximum atomic E-state index is 5.88. The molecule has 1 atom stereocenters. The Labute approximate surface area is 71.5 Å². The van der Waals surface area contributed by atoms with Crippen LogP contribution in [0.3, 0.4) is 0 Å². The summed E-state index contributed by atoms with van der Waals surface area (Å²) in [6.07, 6.45) is 3.91. The molecule has 0 fully saturated rings. The summed E-state index contributed by atoms with van der Waals surface area (Å²) in [7, 11) is 0. The van der Waals surface area contributed by atoms with Crippen LogP contribution in [0.1, 0.15) is 24.4 Å². The minimum Gasteiger partial charge on any atom is -0.324 e. The molecule has 0 spiro atoms. The Morgan fingerprint density at radius 2 is 2.55 bits per heavy atom. The number of hydrogen-bond donors (Lipinski definition) is 1. The number of nitrogens with two attached hydrogens (primary N) is 1. The highest BCUT2D eigenvalue weighted by molar-refractivity contribution is 7.07. The molecule has 0 saturated heterocycles. The summed E-state index contributed by atoms with van der Waals surface area (Å²) < 4.78 is 0. The topological polar surface area (TPSA) is 26.0 Å². The second kappa shape index (κ2) is 4.31. The largest absolute Gasteiger partial charge is 0.324 e. The minimum absolute atomic E-state index is 0.194. The molecular weight excluding hydrogens is 154 g/mol. The Balaban J connectivity index is 2.42. The Morgan fingerprint density at radius 1 is 1.73 bits per heavy atom. The molecule has 1 nitrogen and oxygen atoms in total. The third-order valence-corrected chi connectivity index (χ3v) is 2.35. The van der Waals surface area contributed by atoms with Crippen LogP contribution in [-0.2, 0) is 0 Å². The standard InChI is InChI=1S/C9H13NS/c1-2-3-4-9(10)8-5-6-11-7-8/h2,5-7,9H,1,3-4,10H2. The van der Waals surface area contributed by atoms with Crippen LogP contribution >= 0.6 is 11.3 Å². The molecule has 0 amide bonds. The van der Waals surface area contributed by atoms with Crippen molar-refractivity contribution in [3.8, 4) is 0 Å². The highest BCUT2D eigenvalue weighted by atomic mass is 32.1. The molecule has 2 N–H and O–H groups in total. The van der Waals surface area contributed by atoms with E-state index >= 15 is 0 Å². The smallest absolute Gasteiger partial charge is 0.0306 e. The van der Waals surface area contributed by atoms with Gasteiger partial charge in [-0.05, 0) is 35.2 Å². The molecule has 0 radical (unpaired) electrons. The van der Waals surface area contributed by atoms with Crippen LogP contribution in [0.4, 0.5) is 0 Å². The lowest BCUT2D eigenvalue weighted by Crippen LogP contribution is -2.08. The first kappa shape index (κ1) is 8.50. The first-order chi connectivity index (χ1) is 5.34. The van der Waals surface area contributed by atoms with Crippen LogP contribution in [0.5, 0.6) is 0 Å². The van der Waals surface area contributed by atoms with E-state index in [2.05, 4.69) is 23.4 Å². The fraction of sp³-hybridized carbons (Fsp3) is 0.333. The lowest BCUT2D eigenvalue weighted by Gasteiger charge is -2.06. The van der Waals surface area contributed by atoms with Crippen LogP contribution < -0.4 is 5.73 Å². The van der Waals surface area contributed by atoms with Crippen molar-refractivity contribution in [1.29, 1.82) is 0 Å². The summed E-state index contributed by atoms with van der Waals surface area (Å²) in [5.74, 6) is 0. The molecule has 0 saturated carbocycles. The van der Waals surface area contributed by atoms with E-state index in [0.29, 0.717) is 0 Å². The fourth-order valence-corrected chi connectivity index (χ4v) is 1.67. The molecular formula is C9H13NS. The molecule has 0 aliphatic carbocycles. The summed E-state index contributed by atoms with van der Waals surface area (Å²) in [5, 5.41) is 4.16. The number of rotatable bonds is 4. The predicted molar refractivity (Wildman–Crippen MR) is 50.7 cm³/mol. The van der Waals surface area contributed by atoms with Gasteiger partial charge in [-0.3, -0.25) is 0 Å². The van der Waals surface area contributed by atoms with E-state index in [1.54, 1.807) is 11.3 Å². The quantitative estimate of drug-likeness (QED) is 0.685. The Bertz CT molecular complexity index is 203. The van der Waals surface area contributed by atoms with E-state index in [1.165, 1.54) is 5.56 Å². The van der Waals surface area contributed by atoms with Gasteiger partial charge in [0.1, 0.15) is 0 Å². The summed E-state index contributed by atoms with van der Waals surface area (Å²) in [5.41, 5.74) is 7.13. The molecule has 1 heterocycles. The van der Waals surface area contributed by atoms with E-state index in [1.807, 2.05) is 6.08 Å². The Hall–Kier alpha value is -0.600. The first-order valence-electron chi connectivity index (χ1n) is 3.73. The van der Waals surface area contributed by atoms with Gasteiger partial charge in [-0.2, -0.15) is 11.3 Å². The van der Waals surface area contributed by atoms with Crippen molar-refractivity contribution in [1.82, 2.24) is 0 Å². The van der Waals surface area contributed by atoms with E-state index in [9.17, 15) is 0 Å². The molecule has 0 aromatic carbocycles. The van der Waals surface area contributed by atoms with Gasteiger partial charge in [0, 0.05) is 6.04 Å². The van der Waals surface area contributed by atoms with Crippen molar-refractivity contribution in [2.45, 2.75) is 18.9 Å². The molecule has 0 aliphatic heterocycles. The summed E-state index contributed by atoms with van der Waals surface area (Å²) in [6.45, 7) is 3.66. The van der Waals surface area contributed by atoms with Crippen LogP contribution in [0.15, 0.2) is 29.5 Å². The fourth-order valence-electron chi connectivity index (χ4n) is 0.950. The van der Waals surface area contributed by atoms with Gasteiger partial charge >= 0.3 is 0 Å². The average molecular weight is 167 g/mol. The van der Waals surface area contributed by atoms with Gasteiger partial charge in [0.2, 0.25) is 0 Å². The van der Waals surface area contributed by atoms with Crippen LogP contribution in [-0.4, -0.2) is 0 Å². The van der Waals surface area contributed by atoms with E-state index in [-0.39, 0.29) is 6.04 Å². The predicted octanol–water partition coefficient (Wildman–Crippen LogP) is 2.71. The maximum Gasteiger partial charge on any atom is 0.0306 e. The van der Waals surface area contributed by atoms with Crippen molar-refractivity contribution in [3.63, 3.8) is 0 Å². The van der Waals surface area contributed by atoms with Crippen molar-refractivity contribution in [2.75, 3.05) is 0 Å². The lowest BCUT2D eigenvalue weighted by molar-refractivity contribution is 0.664.